The van der Waals surface area contributed by atoms with Crippen LogP contribution in [0, 0.1) is 5.82 Å². The number of hydrogen-bond acceptors (Lipinski definition) is 8. The molecule has 0 radical (unpaired) electrons. The van der Waals surface area contributed by atoms with E-state index in [2.05, 4.69) is 20.5 Å². The summed E-state index contributed by atoms with van der Waals surface area (Å²) in [5, 5.41) is 9.01. The summed E-state index contributed by atoms with van der Waals surface area (Å²) in [6, 6.07) is 3.92. The van der Waals surface area contributed by atoms with Crippen molar-refractivity contribution in [3.63, 3.8) is 0 Å². The van der Waals surface area contributed by atoms with Crippen molar-refractivity contribution < 1.29 is 45.3 Å². The zero-order chi connectivity index (χ0) is 26.2. The molecule has 1 aromatic carbocycles. The molecule has 0 saturated carbocycles. The maximum atomic E-state index is 14.6. The summed E-state index contributed by atoms with van der Waals surface area (Å²) in [6.07, 6.45) is -9.21. The quantitative estimate of drug-likeness (QED) is 0.585. The third kappa shape index (κ3) is 5.08. The van der Waals surface area contributed by atoms with Gasteiger partial charge < -0.3 is 19.9 Å². The zero-order valence-corrected chi connectivity index (χ0v) is 18.4. The summed E-state index contributed by atoms with van der Waals surface area (Å²) in [5.74, 6) is -2.81. The molecule has 0 bridgehead atoms. The van der Waals surface area contributed by atoms with E-state index in [1.165, 1.54) is 14.0 Å². The minimum absolute atomic E-state index is 0.0920. The molecule has 190 valence electrons. The summed E-state index contributed by atoms with van der Waals surface area (Å²) in [5.41, 5.74) is -0.106. The van der Waals surface area contributed by atoms with Gasteiger partial charge in [-0.25, -0.2) is 18.0 Å². The fourth-order valence-corrected chi connectivity index (χ4v) is 3.09. The number of alkyl halides is 5. The SMILES string of the molecule is COc1cc(C(F)F)c(OC(=O)Nc2ccc(F)c(C3(C)COC(C)(C(F)(F)F)C(N)=N3)c2)nn1. The maximum absolute atomic E-state index is 14.6. The van der Waals surface area contributed by atoms with Crippen molar-refractivity contribution in [3.8, 4) is 11.8 Å². The smallest absolute Gasteiger partial charge is 0.424 e. The van der Waals surface area contributed by atoms with Crippen LogP contribution in [-0.4, -0.2) is 47.6 Å². The number of halogens is 6. The topological polar surface area (TPSA) is 121 Å². The van der Waals surface area contributed by atoms with Crippen LogP contribution in [0.5, 0.6) is 11.8 Å². The molecule has 2 unspecified atom stereocenters. The molecule has 15 heteroatoms. The number of nitrogens with one attached hydrogen (secondary N) is 1. The Kier molecular flexibility index (Phi) is 6.83. The Bertz CT molecular complexity index is 1160. The third-order valence-electron chi connectivity index (χ3n) is 5.23. The third-order valence-corrected chi connectivity index (χ3v) is 5.23. The second kappa shape index (κ2) is 9.20. The highest BCUT2D eigenvalue weighted by Gasteiger charge is 2.59. The molecule has 3 N–H and O–H groups in total. The Hall–Kier alpha value is -3.62. The largest absolute Gasteiger partial charge is 0.480 e. The van der Waals surface area contributed by atoms with Crippen LogP contribution >= 0.6 is 0 Å². The van der Waals surface area contributed by atoms with E-state index in [0.717, 1.165) is 24.3 Å². The van der Waals surface area contributed by atoms with Crippen molar-refractivity contribution in [2.75, 3.05) is 19.0 Å². The van der Waals surface area contributed by atoms with Crippen molar-refractivity contribution in [1.82, 2.24) is 10.2 Å². The first-order valence-electron chi connectivity index (χ1n) is 9.75. The van der Waals surface area contributed by atoms with Crippen LogP contribution in [0.1, 0.15) is 31.4 Å². The van der Waals surface area contributed by atoms with E-state index < -0.39 is 59.5 Å². The Labute approximate surface area is 194 Å². The van der Waals surface area contributed by atoms with E-state index in [9.17, 15) is 31.1 Å². The molecule has 1 aromatic heterocycles. The highest BCUT2D eigenvalue weighted by Crippen LogP contribution is 2.41. The monoisotopic (exact) mass is 507 g/mol. The molecule has 0 aliphatic carbocycles. The number of rotatable bonds is 5. The fraction of sp³-hybridized carbons (Fsp3) is 0.400. The number of carbonyl (C=O) groups excluding carboxylic acids is 1. The van der Waals surface area contributed by atoms with Crippen molar-refractivity contribution in [1.29, 1.82) is 0 Å². The number of methoxy groups -OCH3 is 1. The lowest BCUT2D eigenvalue weighted by atomic mass is 9.89. The first-order valence-corrected chi connectivity index (χ1v) is 9.75. The van der Waals surface area contributed by atoms with E-state index in [-0.39, 0.29) is 17.1 Å². The van der Waals surface area contributed by atoms with Crippen LogP contribution in [0.15, 0.2) is 29.3 Å². The van der Waals surface area contributed by atoms with E-state index in [1.54, 1.807) is 0 Å². The summed E-state index contributed by atoms with van der Waals surface area (Å²) in [4.78, 5) is 16.1. The first-order chi connectivity index (χ1) is 16.2. The van der Waals surface area contributed by atoms with Crippen LogP contribution in [0.25, 0.3) is 0 Å². The molecule has 0 saturated heterocycles. The van der Waals surface area contributed by atoms with Gasteiger partial charge in [-0.3, -0.25) is 10.3 Å². The Morgan fingerprint density at radius 3 is 2.49 bits per heavy atom. The molecule has 1 aliphatic rings. The summed E-state index contributed by atoms with van der Waals surface area (Å²) < 4.78 is 95.5. The Balaban J connectivity index is 1.85. The highest BCUT2D eigenvalue weighted by molar-refractivity contribution is 5.91. The van der Waals surface area contributed by atoms with Crippen molar-refractivity contribution in [2.24, 2.45) is 10.7 Å². The number of aliphatic imine (C=N–C) groups is 1. The van der Waals surface area contributed by atoms with Gasteiger partial charge in [-0.1, -0.05) is 0 Å². The van der Waals surface area contributed by atoms with Gasteiger partial charge in [0.25, 0.3) is 12.3 Å². The standard InChI is InChI=1S/C20H19F6N5O4/c1-18(8-34-19(2,16(27)29-18)20(24,25)26)11-6-9(4-5-12(11)21)28-17(32)35-15-10(14(22)23)7-13(33-3)30-31-15/h4-7,14H,8H2,1-3H3,(H2,27,29)(H,28,32). The molecule has 9 nitrogen and oxygen atoms in total. The van der Waals surface area contributed by atoms with Crippen molar-refractivity contribution >= 4 is 17.6 Å². The van der Waals surface area contributed by atoms with Gasteiger partial charge in [0.1, 0.15) is 17.2 Å². The maximum Gasteiger partial charge on any atom is 0.424 e. The normalized spacial score (nSPS) is 22.5. The van der Waals surface area contributed by atoms with E-state index in [4.69, 9.17) is 19.9 Å². The number of benzene rings is 1. The lowest BCUT2D eigenvalue weighted by Crippen LogP contribution is -2.60. The van der Waals surface area contributed by atoms with Gasteiger partial charge in [0.05, 0.1) is 19.3 Å². The van der Waals surface area contributed by atoms with Crippen LogP contribution in [0.3, 0.4) is 0 Å². The Morgan fingerprint density at radius 1 is 1.23 bits per heavy atom. The number of amidine groups is 1. The fourth-order valence-electron chi connectivity index (χ4n) is 3.09. The van der Waals surface area contributed by atoms with Crippen LogP contribution in [0.2, 0.25) is 0 Å². The van der Waals surface area contributed by atoms with Gasteiger partial charge in [-0.05, 0) is 32.0 Å². The van der Waals surface area contributed by atoms with Crippen molar-refractivity contribution in [3.05, 3.63) is 41.2 Å². The van der Waals surface area contributed by atoms with E-state index >= 15 is 0 Å². The summed E-state index contributed by atoms with van der Waals surface area (Å²) in [6.45, 7) is 1.30. The molecular formula is C20H19F6N5O4. The number of carbonyl (C=O) groups is 1. The number of amides is 1. The number of aromatic nitrogens is 2. The molecule has 0 fully saturated rings. The second-order valence-electron chi connectivity index (χ2n) is 7.75. The van der Waals surface area contributed by atoms with Gasteiger partial charge in [0.15, 0.2) is 0 Å². The van der Waals surface area contributed by atoms with E-state index in [0.29, 0.717) is 6.92 Å². The van der Waals surface area contributed by atoms with Gasteiger partial charge in [0, 0.05) is 17.3 Å². The zero-order valence-electron chi connectivity index (χ0n) is 18.4. The number of nitrogens with two attached hydrogens (primary N) is 1. The number of hydrogen-bond donors (Lipinski definition) is 2. The first kappa shape index (κ1) is 26.0. The van der Waals surface area contributed by atoms with Gasteiger partial charge in [-0.2, -0.15) is 13.2 Å². The minimum Gasteiger partial charge on any atom is -0.480 e. The van der Waals surface area contributed by atoms with Crippen LogP contribution in [0.4, 0.5) is 36.8 Å². The molecule has 1 amide bonds. The second-order valence-corrected chi connectivity index (χ2v) is 7.75. The van der Waals surface area contributed by atoms with Gasteiger partial charge in [0.2, 0.25) is 11.5 Å². The van der Waals surface area contributed by atoms with Gasteiger partial charge >= 0.3 is 12.3 Å². The summed E-state index contributed by atoms with van der Waals surface area (Å²) in [7, 11) is 1.18. The molecule has 3 rings (SSSR count). The van der Waals surface area contributed by atoms with Crippen LogP contribution < -0.4 is 20.5 Å². The molecule has 2 aromatic rings. The molecular weight excluding hydrogens is 488 g/mol. The average molecular weight is 507 g/mol. The lowest BCUT2D eigenvalue weighted by Gasteiger charge is -2.41. The highest BCUT2D eigenvalue weighted by atomic mass is 19.4. The minimum atomic E-state index is -4.87. The number of anilines is 1. The average Bonchev–Trinajstić information content (AvgIpc) is 2.77. The molecule has 35 heavy (non-hydrogen) atoms. The van der Waals surface area contributed by atoms with E-state index in [1.807, 2.05) is 0 Å². The molecule has 2 heterocycles. The van der Waals surface area contributed by atoms with Gasteiger partial charge in [-0.15, -0.1) is 10.2 Å². The Morgan fingerprint density at radius 2 is 1.91 bits per heavy atom. The molecule has 2 atom stereocenters. The number of ether oxygens (including phenoxy) is 3. The summed E-state index contributed by atoms with van der Waals surface area (Å²) >= 11 is 0. The van der Waals surface area contributed by atoms with Crippen molar-refractivity contribution in [2.45, 2.75) is 37.6 Å². The molecule has 0 spiro atoms. The predicted octanol–water partition coefficient (Wildman–Crippen LogP) is 4.10. The predicted molar refractivity (Wildman–Crippen MR) is 109 cm³/mol. The number of nitrogens with zero attached hydrogens (tertiary/aromatic N) is 3. The van der Waals surface area contributed by atoms with Crippen LogP contribution in [-0.2, 0) is 10.3 Å². The molecule has 1 aliphatic heterocycles. The lowest BCUT2D eigenvalue weighted by molar-refractivity contribution is -0.249.